The summed E-state index contributed by atoms with van der Waals surface area (Å²) in [5.74, 6) is -0.333. The number of nitrogens with zero attached hydrogens (tertiary/aromatic N) is 1. The lowest BCUT2D eigenvalue weighted by Gasteiger charge is -2.24. The van der Waals surface area contributed by atoms with Gasteiger partial charge in [0.05, 0.1) is 12.6 Å². The summed E-state index contributed by atoms with van der Waals surface area (Å²) in [6.07, 6.45) is 0.828. The molecular weight excluding hydrogens is 341 g/mol. The molecular formula is C19H21ClFN3O. The Bertz CT molecular complexity index is 768. The van der Waals surface area contributed by atoms with Crippen LogP contribution in [0.2, 0.25) is 5.02 Å². The van der Waals surface area contributed by atoms with E-state index in [1.165, 1.54) is 6.07 Å². The highest BCUT2D eigenvalue weighted by molar-refractivity contribution is 6.30. The topological polar surface area (TPSA) is 44.4 Å². The monoisotopic (exact) mass is 361 g/mol. The normalized spacial score (nSPS) is 17.3. The van der Waals surface area contributed by atoms with Gasteiger partial charge in [-0.15, -0.1) is 0 Å². The lowest BCUT2D eigenvalue weighted by atomic mass is 9.96. The van der Waals surface area contributed by atoms with Crippen molar-refractivity contribution in [2.24, 2.45) is 0 Å². The second-order valence-corrected chi connectivity index (χ2v) is 6.48. The van der Waals surface area contributed by atoms with E-state index in [-0.39, 0.29) is 18.3 Å². The molecule has 0 saturated carbocycles. The summed E-state index contributed by atoms with van der Waals surface area (Å²) in [4.78, 5) is 14.4. The van der Waals surface area contributed by atoms with E-state index in [9.17, 15) is 9.18 Å². The third kappa shape index (κ3) is 3.84. The first-order chi connectivity index (χ1) is 12.1. The molecule has 2 aromatic rings. The molecule has 0 spiro atoms. The number of carbonyl (C=O) groups excluding carboxylic acids is 1. The molecule has 6 heteroatoms. The molecule has 1 unspecified atom stereocenters. The van der Waals surface area contributed by atoms with Crippen LogP contribution in [0.1, 0.15) is 23.6 Å². The first kappa shape index (κ1) is 17.9. The standard InChI is InChI=1S/C19H21ClFN3O/c1-22-9-4-10-24-17-8-7-13(20)11-15(17)19(23-12-18(24)25)14-5-2-3-6-16(14)21/h2-3,5-8,11,19,22-23H,4,9-10,12H2,1H3. The molecule has 2 aromatic carbocycles. The van der Waals surface area contributed by atoms with Crippen LogP contribution in [0.25, 0.3) is 0 Å². The van der Waals surface area contributed by atoms with Crippen molar-refractivity contribution in [3.05, 3.63) is 64.4 Å². The molecule has 1 aliphatic heterocycles. The summed E-state index contributed by atoms with van der Waals surface area (Å²) >= 11 is 6.20. The fourth-order valence-electron chi connectivity index (χ4n) is 3.18. The summed E-state index contributed by atoms with van der Waals surface area (Å²) < 4.78 is 14.4. The zero-order valence-electron chi connectivity index (χ0n) is 14.1. The lowest BCUT2D eigenvalue weighted by molar-refractivity contribution is -0.117. The van der Waals surface area contributed by atoms with Gasteiger partial charge in [0, 0.05) is 22.8 Å². The van der Waals surface area contributed by atoms with E-state index in [0.29, 0.717) is 17.1 Å². The Labute approximate surface area is 152 Å². The Kier molecular flexibility index (Phi) is 5.68. The Morgan fingerprint density at radius 3 is 2.84 bits per heavy atom. The van der Waals surface area contributed by atoms with Gasteiger partial charge in [-0.3, -0.25) is 10.1 Å². The molecule has 3 rings (SSSR count). The molecule has 1 aliphatic rings. The maximum atomic E-state index is 14.4. The highest BCUT2D eigenvalue weighted by Gasteiger charge is 2.29. The molecule has 0 saturated heterocycles. The number of carbonyl (C=O) groups is 1. The van der Waals surface area contributed by atoms with Gasteiger partial charge < -0.3 is 10.2 Å². The molecule has 0 aliphatic carbocycles. The Balaban J connectivity index is 2.05. The van der Waals surface area contributed by atoms with Crippen LogP contribution in [-0.4, -0.2) is 32.6 Å². The van der Waals surface area contributed by atoms with E-state index < -0.39 is 6.04 Å². The van der Waals surface area contributed by atoms with Gasteiger partial charge in [-0.1, -0.05) is 29.8 Å². The number of anilines is 1. The number of nitrogens with one attached hydrogen (secondary N) is 2. The van der Waals surface area contributed by atoms with Gasteiger partial charge in [0.1, 0.15) is 5.82 Å². The predicted molar refractivity (Wildman–Crippen MR) is 98.6 cm³/mol. The van der Waals surface area contributed by atoms with Crippen LogP contribution >= 0.6 is 11.6 Å². The van der Waals surface area contributed by atoms with Crippen molar-refractivity contribution in [2.45, 2.75) is 12.5 Å². The highest BCUT2D eigenvalue weighted by Crippen LogP contribution is 2.35. The number of rotatable bonds is 5. The zero-order valence-corrected chi connectivity index (χ0v) is 14.8. The summed E-state index contributed by atoms with van der Waals surface area (Å²) in [5, 5.41) is 6.84. The number of fused-ring (bicyclic) bond motifs is 1. The number of benzene rings is 2. The second-order valence-electron chi connectivity index (χ2n) is 6.04. The molecule has 1 amide bonds. The van der Waals surface area contributed by atoms with Gasteiger partial charge >= 0.3 is 0 Å². The molecule has 1 atom stereocenters. The van der Waals surface area contributed by atoms with Crippen molar-refractivity contribution in [1.29, 1.82) is 0 Å². The second kappa shape index (κ2) is 7.95. The van der Waals surface area contributed by atoms with Crippen LogP contribution in [-0.2, 0) is 4.79 Å². The average Bonchev–Trinajstić information content (AvgIpc) is 2.73. The maximum absolute atomic E-state index is 14.4. The van der Waals surface area contributed by atoms with Crippen molar-refractivity contribution < 1.29 is 9.18 Å². The van der Waals surface area contributed by atoms with Crippen LogP contribution in [0, 0.1) is 5.82 Å². The van der Waals surface area contributed by atoms with E-state index in [1.54, 1.807) is 29.2 Å². The Morgan fingerprint density at radius 1 is 1.28 bits per heavy atom. The van der Waals surface area contributed by atoms with Gasteiger partial charge in [-0.25, -0.2) is 4.39 Å². The third-order valence-corrected chi connectivity index (χ3v) is 4.61. The van der Waals surface area contributed by atoms with Crippen LogP contribution in [0.5, 0.6) is 0 Å². The molecule has 4 nitrogen and oxygen atoms in total. The number of amides is 1. The number of halogens is 2. The van der Waals surface area contributed by atoms with Gasteiger partial charge in [-0.2, -0.15) is 0 Å². The van der Waals surface area contributed by atoms with Gasteiger partial charge in [-0.05, 0) is 49.8 Å². The van der Waals surface area contributed by atoms with Crippen molar-refractivity contribution in [2.75, 3.05) is 31.6 Å². The van der Waals surface area contributed by atoms with E-state index in [1.807, 2.05) is 19.2 Å². The lowest BCUT2D eigenvalue weighted by Crippen LogP contribution is -2.37. The largest absolute Gasteiger partial charge is 0.320 e. The van der Waals surface area contributed by atoms with Crippen LogP contribution in [0.4, 0.5) is 10.1 Å². The average molecular weight is 362 g/mol. The van der Waals surface area contributed by atoms with Crippen molar-refractivity contribution in [3.8, 4) is 0 Å². The minimum absolute atomic E-state index is 0.0292. The minimum Gasteiger partial charge on any atom is -0.320 e. The molecule has 0 bridgehead atoms. The number of hydrogen-bond donors (Lipinski definition) is 2. The Hall–Kier alpha value is -1.95. The zero-order chi connectivity index (χ0) is 17.8. The van der Waals surface area contributed by atoms with Crippen LogP contribution in [0.15, 0.2) is 42.5 Å². The molecule has 2 N–H and O–H groups in total. The van der Waals surface area contributed by atoms with Crippen LogP contribution < -0.4 is 15.5 Å². The molecule has 0 aromatic heterocycles. The first-order valence-electron chi connectivity index (χ1n) is 8.34. The van der Waals surface area contributed by atoms with E-state index in [0.717, 1.165) is 24.2 Å². The number of hydrogen-bond acceptors (Lipinski definition) is 3. The molecule has 132 valence electrons. The summed E-state index contributed by atoms with van der Waals surface area (Å²) in [7, 11) is 1.88. The molecule has 0 radical (unpaired) electrons. The molecule has 1 heterocycles. The Morgan fingerprint density at radius 2 is 2.08 bits per heavy atom. The van der Waals surface area contributed by atoms with Crippen molar-refractivity contribution >= 4 is 23.2 Å². The SMILES string of the molecule is CNCCCN1C(=O)CNC(c2ccccc2F)c2cc(Cl)ccc21. The fraction of sp³-hybridized carbons (Fsp3) is 0.316. The van der Waals surface area contributed by atoms with Crippen LogP contribution in [0.3, 0.4) is 0 Å². The molecule has 0 fully saturated rings. The van der Waals surface area contributed by atoms with E-state index in [4.69, 9.17) is 11.6 Å². The van der Waals surface area contributed by atoms with Gasteiger partial charge in [0.15, 0.2) is 0 Å². The quantitative estimate of drug-likeness (QED) is 0.804. The van der Waals surface area contributed by atoms with E-state index >= 15 is 0 Å². The minimum atomic E-state index is -0.423. The fourth-order valence-corrected chi connectivity index (χ4v) is 3.36. The van der Waals surface area contributed by atoms with Gasteiger partial charge in [0.2, 0.25) is 5.91 Å². The maximum Gasteiger partial charge on any atom is 0.240 e. The third-order valence-electron chi connectivity index (χ3n) is 4.37. The van der Waals surface area contributed by atoms with Crippen molar-refractivity contribution in [1.82, 2.24) is 10.6 Å². The smallest absolute Gasteiger partial charge is 0.240 e. The van der Waals surface area contributed by atoms with Crippen molar-refractivity contribution in [3.63, 3.8) is 0 Å². The van der Waals surface area contributed by atoms with Gasteiger partial charge in [0.25, 0.3) is 0 Å². The predicted octanol–water partition coefficient (Wildman–Crippen LogP) is 3.11. The first-order valence-corrected chi connectivity index (χ1v) is 8.72. The summed E-state index contributed by atoms with van der Waals surface area (Å²) in [6, 6.07) is 11.6. The van der Waals surface area contributed by atoms with E-state index in [2.05, 4.69) is 10.6 Å². The molecule has 25 heavy (non-hydrogen) atoms. The summed E-state index contributed by atoms with van der Waals surface area (Å²) in [6.45, 7) is 1.56. The highest BCUT2D eigenvalue weighted by atomic mass is 35.5. The summed E-state index contributed by atoms with van der Waals surface area (Å²) in [5.41, 5.74) is 2.10.